The van der Waals surface area contributed by atoms with Crippen LogP contribution in [0.5, 0.6) is 0 Å². The van der Waals surface area contributed by atoms with Crippen molar-refractivity contribution < 1.29 is 9.59 Å². The van der Waals surface area contributed by atoms with Crippen molar-refractivity contribution in [1.82, 2.24) is 5.32 Å². The maximum absolute atomic E-state index is 11.6. The van der Waals surface area contributed by atoms with Crippen LogP contribution in [0.4, 0.5) is 5.69 Å². The summed E-state index contributed by atoms with van der Waals surface area (Å²) >= 11 is 0. The second-order valence-electron chi connectivity index (χ2n) is 4.23. The lowest BCUT2D eigenvalue weighted by atomic mass is 10.1. The third-order valence-corrected chi connectivity index (χ3v) is 3.11. The molecule has 1 heterocycles. The molecule has 2 rings (SSSR count). The van der Waals surface area contributed by atoms with E-state index < -0.39 is 0 Å². The monoisotopic (exact) mass is 232 g/mol. The topological polar surface area (TPSA) is 49.4 Å². The van der Waals surface area contributed by atoms with Gasteiger partial charge in [0.25, 0.3) is 0 Å². The molecule has 0 aromatic heterocycles. The number of hydrogen-bond donors (Lipinski definition) is 1. The van der Waals surface area contributed by atoms with Gasteiger partial charge in [-0.2, -0.15) is 0 Å². The summed E-state index contributed by atoms with van der Waals surface area (Å²) in [5.41, 5.74) is 1.75. The summed E-state index contributed by atoms with van der Waals surface area (Å²) in [5.74, 6) is -0.214. The predicted octanol–water partition coefficient (Wildman–Crippen LogP) is 1.62. The van der Waals surface area contributed by atoms with Crippen LogP contribution in [0.25, 0.3) is 0 Å². The van der Waals surface area contributed by atoms with Gasteiger partial charge in [-0.15, -0.1) is 0 Å². The lowest BCUT2D eigenvalue weighted by Crippen LogP contribution is -2.28. The summed E-state index contributed by atoms with van der Waals surface area (Å²) in [6, 6.07) is 7.74. The molecule has 4 heteroatoms. The first kappa shape index (κ1) is 11.8. The molecule has 1 atom stereocenters. The number of anilines is 1. The third-order valence-electron chi connectivity index (χ3n) is 3.11. The zero-order valence-corrected chi connectivity index (χ0v) is 10.1. The number of nitrogens with zero attached hydrogens (tertiary/aromatic N) is 1. The maximum atomic E-state index is 11.6. The van der Waals surface area contributed by atoms with Crippen LogP contribution in [0.15, 0.2) is 24.3 Å². The van der Waals surface area contributed by atoms with Gasteiger partial charge in [0, 0.05) is 18.9 Å². The SMILES string of the molecule is CNC(C)c1cccc(N2C(=O)CCC2=O)c1. The smallest absolute Gasteiger partial charge is 0.234 e. The second kappa shape index (κ2) is 4.67. The van der Waals surface area contributed by atoms with Crippen LogP contribution in [-0.2, 0) is 9.59 Å². The number of carbonyl (C=O) groups is 2. The van der Waals surface area contributed by atoms with Crippen LogP contribution >= 0.6 is 0 Å². The third kappa shape index (κ3) is 2.22. The van der Waals surface area contributed by atoms with E-state index in [-0.39, 0.29) is 17.9 Å². The lowest BCUT2D eigenvalue weighted by Gasteiger charge is -2.17. The van der Waals surface area contributed by atoms with Gasteiger partial charge in [-0.3, -0.25) is 14.5 Å². The van der Waals surface area contributed by atoms with E-state index in [1.54, 1.807) is 6.07 Å². The molecule has 1 aliphatic rings. The van der Waals surface area contributed by atoms with Gasteiger partial charge in [0.05, 0.1) is 5.69 Å². The number of rotatable bonds is 3. The Bertz CT molecular complexity index is 440. The minimum Gasteiger partial charge on any atom is -0.313 e. The van der Waals surface area contributed by atoms with Crippen LogP contribution in [0.2, 0.25) is 0 Å². The second-order valence-corrected chi connectivity index (χ2v) is 4.23. The van der Waals surface area contributed by atoms with Gasteiger partial charge in [-0.05, 0) is 31.7 Å². The molecule has 0 radical (unpaired) electrons. The molecule has 0 saturated carbocycles. The molecule has 1 fully saturated rings. The molecule has 90 valence electrons. The van der Waals surface area contributed by atoms with Crippen molar-refractivity contribution in [3.63, 3.8) is 0 Å². The van der Waals surface area contributed by atoms with Crippen LogP contribution in [-0.4, -0.2) is 18.9 Å². The number of nitrogens with one attached hydrogen (secondary N) is 1. The summed E-state index contributed by atoms with van der Waals surface area (Å²) in [7, 11) is 1.88. The first-order valence-electron chi connectivity index (χ1n) is 5.76. The van der Waals surface area contributed by atoms with Gasteiger partial charge in [0.1, 0.15) is 0 Å². The Morgan fingerprint density at radius 2 is 1.88 bits per heavy atom. The highest BCUT2D eigenvalue weighted by Crippen LogP contribution is 2.25. The van der Waals surface area contributed by atoms with E-state index in [2.05, 4.69) is 5.32 Å². The van der Waals surface area contributed by atoms with Crippen molar-refractivity contribution in [2.45, 2.75) is 25.8 Å². The van der Waals surface area contributed by atoms with Crippen molar-refractivity contribution in [3.8, 4) is 0 Å². The molecule has 0 bridgehead atoms. The van der Waals surface area contributed by atoms with E-state index in [1.807, 2.05) is 32.2 Å². The van der Waals surface area contributed by atoms with Gasteiger partial charge in [0.2, 0.25) is 11.8 Å². The van der Waals surface area contributed by atoms with Crippen molar-refractivity contribution in [2.24, 2.45) is 0 Å². The Morgan fingerprint density at radius 1 is 1.24 bits per heavy atom. The fourth-order valence-corrected chi connectivity index (χ4v) is 1.96. The summed E-state index contributed by atoms with van der Waals surface area (Å²) in [6.07, 6.45) is 0.648. The number of benzene rings is 1. The molecule has 0 aliphatic carbocycles. The van der Waals surface area contributed by atoms with Crippen molar-refractivity contribution >= 4 is 17.5 Å². The molecular formula is C13H16N2O2. The Kier molecular flexibility index (Phi) is 3.24. The summed E-state index contributed by atoms with van der Waals surface area (Å²) in [4.78, 5) is 24.5. The highest BCUT2D eigenvalue weighted by Gasteiger charge is 2.30. The summed E-state index contributed by atoms with van der Waals surface area (Å²) in [5, 5.41) is 3.13. The average Bonchev–Trinajstić information content (AvgIpc) is 2.68. The molecule has 1 aliphatic heterocycles. The quantitative estimate of drug-likeness (QED) is 0.806. The van der Waals surface area contributed by atoms with E-state index in [4.69, 9.17) is 0 Å². The zero-order valence-electron chi connectivity index (χ0n) is 10.1. The fourth-order valence-electron chi connectivity index (χ4n) is 1.96. The van der Waals surface area contributed by atoms with Crippen LogP contribution in [0.1, 0.15) is 31.4 Å². The van der Waals surface area contributed by atoms with Gasteiger partial charge < -0.3 is 5.32 Å². The summed E-state index contributed by atoms with van der Waals surface area (Å²) in [6.45, 7) is 2.03. The Morgan fingerprint density at radius 3 is 2.47 bits per heavy atom. The lowest BCUT2D eigenvalue weighted by molar-refractivity contribution is -0.121. The predicted molar refractivity (Wildman–Crippen MR) is 65.6 cm³/mol. The first-order valence-corrected chi connectivity index (χ1v) is 5.76. The highest BCUT2D eigenvalue weighted by atomic mass is 16.2. The number of amides is 2. The standard InChI is InChI=1S/C13H16N2O2/c1-9(14-2)10-4-3-5-11(8-10)15-12(16)6-7-13(15)17/h3-5,8-9,14H,6-7H2,1-2H3. The molecule has 4 nitrogen and oxygen atoms in total. The molecule has 2 amide bonds. The van der Waals surface area contributed by atoms with Crippen LogP contribution in [0, 0.1) is 0 Å². The normalized spacial score (nSPS) is 17.6. The van der Waals surface area contributed by atoms with Crippen LogP contribution < -0.4 is 10.2 Å². The van der Waals surface area contributed by atoms with E-state index in [9.17, 15) is 9.59 Å². The van der Waals surface area contributed by atoms with Crippen molar-refractivity contribution in [2.75, 3.05) is 11.9 Å². The molecule has 1 N–H and O–H groups in total. The maximum Gasteiger partial charge on any atom is 0.234 e. The average molecular weight is 232 g/mol. The van der Waals surface area contributed by atoms with E-state index in [1.165, 1.54) is 4.90 Å². The fraction of sp³-hybridized carbons (Fsp3) is 0.385. The Labute approximate surface area is 101 Å². The van der Waals surface area contributed by atoms with Gasteiger partial charge in [-0.25, -0.2) is 0 Å². The molecule has 1 aromatic rings. The molecule has 1 unspecified atom stereocenters. The number of carbonyl (C=O) groups excluding carboxylic acids is 2. The van der Waals surface area contributed by atoms with E-state index in [0.29, 0.717) is 18.5 Å². The first-order chi connectivity index (χ1) is 8.13. The largest absolute Gasteiger partial charge is 0.313 e. The highest BCUT2D eigenvalue weighted by molar-refractivity contribution is 6.19. The van der Waals surface area contributed by atoms with E-state index >= 15 is 0 Å². The summed E-state index contributed by atoms with van der Waals surface area (Å²) < 4.78 is 0. The van der Waals surface area contributed by atoms with E-state index in [0.717, 1.165) is 5.56 Å². The number of imide groups is 1. The molecule has 1 aromatic carbocycles. The van der Waals surface area contributed by atoms with Crippen LogP contribution in [0.3, 0.4) is 0 Å². The molecular weight excluding hydrogens is 216 g/mol. The Hall–Kier alpha value is -1.68. The Balaban J connectivity index is 2.33. The van der Waals surface area contributed by atoms with Gasteiger partial charge in [-0.1, -0.05) is 12.1 Å². The molecule has 1 saturated heterocycles. The van der Waals surface area contributed by atoms with Crippen molar-refractivity contribution in [3.05, 3.63) is 29.8 Å². The van der Waals surface area contributed by atoms with Crippen molar-refractivity contribution in [1.29, 1.82) is 0 Å². The molecule has 17 heavy (non-hydrogen) atoms. The molecule has 0 spiro atoms. The zero-order chi connectivity index (χ0) is 12.4. The minimum atomic E-state index is -0.107. The number of hydrogen-bond acceptors (Lipinski definition) is 3. The van der Waals surface area contributed by atoms with Gasteiger partial charge in [0.15, 0.2) is 0 Å². The minimum absolute atomic E-state index is 0.107. The van der Waals surface area contributed by atoms with Gasteiger partial charge >= 0.3 is 0 Å².